The molecule has 2 N–H and O–H groups in total. The molecular weight excluding hydrogens is 410 g/mol. The second-order valence-corrected chi connectivity index (χ2v) is 8.50. The van der Waals surface area contributed by atoms with E-state index in [-0.39, 0.29) is 24.3 Å². The van der Waals surface area contributed by atoms with Crippen LogP contribution in [0.5, 0.6) is 0 Å². The highest BCUT2D eigenvalue weighted by atomic mass is 16.7. The summed E-state index contributed by atoms with van der Waals surface area (Å²) in [6.45, 7) is 2.91. The van der Waals surface area contributed by atoms with Crippen molar-refractivity contribution < 1.29 is 19.3 Å². The molecule has 1 aliphatic heterocycles. The first-order valence-electron chi connectivity index (χ1n) is 11.1. The topological polar surface area (TPSA) is 112 Å². The molecule has 9 nitrogen and oxygen atoms in total. The van der Waals surface area contributed by atoms with Gasteiger partial charge in [-0.3, -0.25) is 4.90 Å². The number of nitrogens with zero attached hydrogens (tertiary/aromatic N) is 4. The van der Waals surface area contributed by atoms with Crippen LogP contribution in [-0.2, 0) is 14.2 Å². The Morgan fingerprint density at radius 1 is 1.38 bits per heavy atom. The van der Waals surface area contributed by atoms with E-state index in [0.717, 1.165) is 13.0 Å². The molecule has 1 saturated carbocycles. The zero-order valence-corrected chi connectivity index (χ0v) is 19.2. The number of aliphatic hydroxyl groups is 1. The Balaban J connectivity index is 1.63. The SMILES string of the molecule is CN[C@H]1[C@@H](O)[C@H](O[C@@H]2C=CC[C@@H](CN(C)[C@H](C)c3ccccc3)O2)[C@@H](N=[N+]=[N-])C[C@@H]1OC. The lowest BCUT2D eigenvalue weighted by Gasteiger charge is -2.44. The normalized spacial score (nSPS) is 33.6. The molecule has 2 aliphatic rings. The molecule has 0 unspecified atom stereocenters. The van der Waals surface area contributed by atoms with E-state index >= 15 is 0 Å². The summed E-state index contributed by atoms with van der Waals surface area (Å²) in [4.78, 5) is 5.21. The first kappa shape index (κ1) is 24.7. The molecule has 32 heavy (non-hydrogen) atoms. The number of ether oxygens (including phenoxy) is 3. The molecular formula is C23H35N5O4. The average Bonchev–Trinajstić information content (AvgIpc) is 2.81. The second-order valence-electron chi connectivity index (χ2n) is 8.50. The molecule has 1 aromatic rings. The highest BCUT2D eigenvalue weighted by Gasteiger charge is 2.45. The van der Waals surface area contributed by atoms with Crippen LogP contribution in [-0.4, -0.2) is 80.5 Å². The van der Waals surface area contributed by atoms with Crippen molar-refractivity contribution in [3.63, 3.8) is 0 Å². The minimum Gasteiger partial charge on any atom is -0.389 e. The summed E-state index contributed by atoms with van der Waals surface area (Å²) >= 11 is 0. The van der Waals surface area contributed by atoms with Crippen LogP contribution in [0.15, 0.2) is 47.6 Å². The third kappa shape index (κ3) is 5.88. The molecule has 0 spiro atoms. The number of rotatable bonds is 9. The summed E-state index contributed by atoms with van der Waals surface area (Å²) in [6.07, 6.45) is 2.56. The van der Waals surface area contributed by atoms with E-state index in [4.69, 9.17) is 19.7 Å². The van der Waals surface area contributed by atoms with Gasteiger partial charge in [0.25, 0.3) is 0 Å². The first-order chi connectivity index (χ1) is 15.5. The van der Waals surface area contributed by atoms with Crippen LogP contribution in [0, 0.1) is 0 Å². The average molecular weight is 446 g/mol. The second kappa shape index (κ2) is 11.8. The number of aliphatic hydroxyl groups excluding tert-OH is 1. The molecule has 0 radical (unpaired) electrons. The monoisotopic (exact) mass is 445 g/mol. The number of benzene rings is 1. The van der Waals surface area contributed by atoms with Crippen molar-refractivity contribution in [2.24, 2.45) is 5.11 Å². The molecule has 0 bridgehead atoms. The smallest absolute Gasteiger partial charge is 0.177 e. The van der Waals surface area contributed by atoms with Crippen LogP contribution in [0.2, 0.25) is 0 Å². The summed E-state index contributed by atoms with van der Waals surface area (Å²) in [5.41, 5.74) is 10.3. The fraction of sp³-hybridized carbons (Fsp3) is 0.652. The van der Waals surface area contributed by atoms with Crippen LogP contribution in [0.1, 0.15) is 31.4 Å². The zero-order chi connectivity index (χ0) is 23.1. The largest absolute Gasteiger partial charge is 0.389 e. The molecule has 3 rings (SSSR count). The van der Waals surface area contributed by atoms with Gasteiger partial charge in [-0.1, -0.05) is 41.5 Å². The van der Waals surface area contributed by atoms with Gasteiger partial charge < -0.3 is 24.6 Å². The predicted octanol–water partition coefficient (Wildman–Crippen LogP) is 2.78. The van der Waals surface area contributed by atoms with E-state index in [1.807, 2.05) is 30.4 Å². The summed E-state index contributed by atoms with van der Waals surface area (Å²) in [7, 11) is 5.43. The van der Waals surface area contributed by atoms with Crippen molar-refractivity contribution in [3.05, 3.63) is 58.5 Å². The maximum Gasteiger partial charge on any atom is 0.177 e. The van der Waals surface area contributed by atoms with Crippen LogP contribution in [0.25, 0.3) is 10.4 Å². The summed E-state index contributed by atoms with van der Waals surface area (Å²) in [5.74, 6) is 0. The van der Waals surface area contributed by atoms with E-state index in [1.54, 1.807) is 14.2 Å². The van der Waals surface area contributed by atoms with Gasteiger partial charge in [0.1, 0.15) is 0 Å². The van der Waals surface area contributed by atoms with E-state index in [2.05, 4.69) is 46.3 Å². The van der Waals surface area contributed by atoms with E-state index in [0.29, 0.717) is 6.42 Å². The molecule has 1 aromatic carbocycles. The number of nitrogens with one attached hydrogen (secondary N) is 1. The molecule has 1 heterocycles. The van der Waals surface area contributed by atoms with Crippen molar-refractivity contribution in [1.29, 1.82) is 0 Å². The fourth-order valence-corrected chi connectivity index (χ4v) is 4.57. The van der Waals surface area contributed by atoms with Crippen molar-refractivity contribution in [2.45, 2.75) is 68.6 Å². The van der Waals surface area contributed by atoms with Crippen molar-refractivity contribution >= 4 is 0 Å². The standard InChI is InChI=1S/C23H35N5O4/c1-15(16-9-6-5-7-10-16)28(3)14-17-11-8-12-20(31-17)32-23-18(26-27-24)13-19(30-4)21(25-2)22(23)29/h5-10,12,15,17-23,25,29H,11,13-14H2,1-4H3/t15-,17+,18+,19+,20-,21-,22-,23-/m1/s1. The van der Waals surface area contributed by atoms with Crippen molar-refractivity contribution in [1.82, 2.24) is 10.2 Å². The third-order valence-electron chi connectivity index (χ3n) is 6.54. The molecule has 0 amide bonds. The van der Waals surface area contributed by atoms with Gasteiger partial charge in [-0.15, -0.1) is 0 Å². The van der Waals surface area contributed by atoms with Crippen LogP contribution in [0.4, 0.5) is 0 Å². The lowest BCUT2D eigenvalue weighted by atomic mass is 9.84. The van der Waals surface area contributed by atoms with Gasteiger partial charge in [0.15, 0.2) is 6.29 Å². The predicted molar refractivity (Wildman–Crippen MR) is 122 cm³/mol. The summed E-state index contributed by atoms with van der Waals surface area (Å²) in [5, 5.41) is 17.9. The minimum absolute atomic E-state index is 0.0494. The van der Waals surface area contributed by atoms with E-state index in [9.17, 15) is 5.11 Å². The molecule has 1 aliphatic carbocycles. The van der Waals surface area contributed by atoms with Gasteiger partial charge >= 0.3 is 0 Å². The molecule has 1 fully saturated rings. The Morgan fingerprint density at radius 3 is 2.78 bits per heavy atom. The maximum atomic E-state index is 10.9. The van der Waals surface area contributed by atoms with E-state index in [1.165, 1.54) is 5.56 Å². The Hall–Kier alpha value is -1.97. The van der Waals surface area contributed by atoms with Gasteiger partial charge in [0, 0.05) is 24.6 Å². The Morgan fingerprint density at radius 2 is 2.12 bits per heavy atom. The Bertz CT molecular complexity index is 788. The van der Waals surface area contributed by atoms with Gasteiger partial charge in [0.2, 0.25) is 0 Å². The van der Waals surface area contributed by atoms with Crippen LogP contribution in [0.3, 0.4) is 0 Å². The maximum absolute atomic E-state index is 10.9. The van der Waals surface area contributed by atoms with Crippen LogP contribution >= 0.6 is 0 Å². The van der Waals surface area contributed by atoms with Crippen molar-refractivity contribution in [3.8, 4) is 0 Å². The number of azide groups is 1. The quantitative estimate of drug-likeness (QED) is 0.262. The summed E-state index contributed by atoms with van der Waals surface area (Å²) in [6, 6.07) is 9.73. The lowest BCUT2D eigenvalue weighted by molar-refractivity contribution is -0.216. The van der Waals surface area contributed by atoms with Gasteiger partial charge in [-0.25, -0.2) is 0 Å². The fourth-order valence-electron chi connectivity index (χ4n) is 4.57. The van der Waals surface area contributed by atoms with Gasteiger partial charge in [0.05, 0.1) is 36.5 Å². The first-order valence-corrected chi connectivity index (χ1v) is 11.1. The highest BCUT2D eigenvalue weighted by molar-refractivity contribution is 5.18. The molecule has 176 valence electrons. The molecule has 0 aromatic heterocycles. The number of methoxy groups -OCH3 is 1. The number of hydrogen-bond donors (Lipinski definition) is 2. The number of hydrogen-bond acceptors (Lipinski definition) is 7. The van der Waals surface area contributed by atoms with Crippen LogP contribution < -0.4 is 5.32 Å². The Labute approximate surface area is 190 Å². The zero-order valence-electron chi connectivity index (χ0n) is 19.2. The molecule has 8 atom stereocenters. The Kier molecular flexibility index (Phi) is 9.07. The molecule has 0 saturated heterocycles. The van der Waals surface area contributed by atoms with Gasteiger partial charge in [-0.05, 0) is 51.0 Å². The molecule has 9 heteroatoms. The lowest BCUT2D eigenvalue weighted by Crippen LogP contribution is -2.62. The number of likely N-dealkylation sites (N-methyl/N-ethyl adjacent to an activating group) is 2. The van der Waals surface area contributed by atoms with Gasteiger partial charge in [-0.2, -0.15) is 0 Å². The summed E-state index contributed by atoms with van der Waals surface area (Å²) < 4.78 is 17.8. The third-order valence-corrected chi connectivity index (χ3v) is 6.54. The van der Waals surface area contributed by atoms with Crippen molar-refractivity contribution in [2.75, 3.05) is 27.7 Å². The van der Waals surface area contributed by atoms with E-state index < -0.39 is 24.5 Å². The highest BCUT2D eigenvalue weighted by Crippen LogP contribution is 2.30. The minimum atomic E-state index is -0.910.